The van der Waals surface area contributed by atoms with Gasteiger partial charge in [0.2, 0.25) is 11.8 Å². The third-order valence-electron chi connectivity index (χ3n) is 8.32. The maximum absolute atomic E-state index is 12.7. The van der Waals surface area contributed by atoms with E-state index in [1.165, 1.54) is 18.2 Å². The van der Waals surface area contributed by atoms with Crippen LogP contribution in [-0.2, 0) is 20.4 Å². The maximum atomic E-state index is 12.7. The molecule has 0 aliphatic rings. The van der Waals surface area contributed by atoms with Gasteiger partial charge in [0.15, 0.2) is 5.78 Å². The van der Waals surface area contributed by atoms with Crippen LogP contribution in [-0.4, -0.2) is 31.3 Å². The number of nitrogens with one attached hydrogen (secondary N) is 2. The van der Waals surface area contributed by atoms with E-state index in [1.807, 2.05) is 0 Å². The van der Waals surface area contributed by atoms with E-state index in [-0.39, 0.29) is 35.4 Å². The number of amides is 2. The molecule has 8 heteroatoms. The predicted molar refractivity (Wildman–Crippen MR) is 178 cm³/mol. The minimum atomic E-state index is -0.509. The molecule has 44 heavy (non-hydrogen) atoms. The summed E-state index contributed by atoms with van der Waals surface area (Å²) in [5.41, 5.74) is 3.71. The first-order chi connectivity index (χ1) is 20.8. The minimum Gasteiger partial charge on any atom is -0.497 e. The van der Waals surface area contributed by atoms with Crippen LogP contribution in [0, 0.1) is 0 Å². The summed E-state index contributed by atoms with van der Waals surface area (Å²) in [6.45, 7) is 13.8. The Balaban J connectivity index is 1.55. The predicted octanol–water partition coefficient (Wildman–Crippen LogP) is 8.73. The summed E-state index contributed by atoms with van der Waals surface area (Å²) in [5, 5.41) is 5.81. The van der Waals surface area contributed by atoms with Crippen molar-refractivity contribution in [3.8, 4) is 11.5 Å². The molecule has 0 fully saturated rings. The van der Waals surface area contributed by atoms with E-state index in [4.69, 9.17) is 21.1 Å². The average Bonchev–Trinajstić information content (AvgIpc) is 3.00. The van der Waals surface area contributed by atoms with Crippen molar-refractivity contribution in [1.29, 1.82) is 0 Å². The van der Waals surface area contributed by atoms with Crippen LogP contribution in [0.4, 0.5) is 11.4 Å². The molecule has 0 aliphatic carbocycles. The van der Waals surface area contributed by atoms with Gasteiger partial charge in [0.1, 0.15) is 11.5 Å². The smallest absolute Gasteiger partial charge is 0.232 e. The SMILES string of the molecule is CCC(C)(C)c1ccc(OCCCC(=O)Nc2ccc(Cl)c(NC(=O)CC(=O)c3ccc(OC)cc3)c2)c(C(C)(C)CC)c1. The van der Waals surface area contributed by atoms with Gasteiger partial charge < -0.3 is 20.1 Å². The van der Waals surface area contributed by atoms with Crippen molar-refractivity contribution in [2.24, 2.45) is 0 Å². The molecular weight excluding hydrogens is 576 g/mol. The van der Waals surface area contributed by atoms with Gasteiger partial charge >= 0.3 is 0 Å². The van der Waals surface area contributed by atoms with Crippen molar-refractivity contribution in [2.45, 2.75) is 84.5 Å². The van der Waals surface area contributed by atoms with Crippen LogP contribution in [0.1, 0.15) is 95.1 Å². The number of carbonyl (C=O) groups excluding carboxylic acids is 3. The van der Waals surface area contributed by atoms with Gasteiger partial charge in [-0.1, -0.05) is 65.3 Å². The number of Topliss-reactive ketones (excluding diaryl/α,β-unsaturated/α-hetero) is 1. The molecule has 0 heterocycles. The van der Waals surface area contributed by atoms with Gasteiger partial charge in [0.05, 0.1) is 30.8 Å². The van der Waals surface area contributed by atoms with Gasteiger partial charge in [-0.3, -0.25) is 14.4 Å². The summed E-state index contributed by atoms with van der Waals surface area (Å²) in [6, 6.07) is 17.8. The summed E-state index contributed by atoms with van der Waals surface area (Å²) in [4.78, 5) is 37.8. The molecule has 3 aromatic carbocycles. The van der Waals surface area contributed by atoms with Crippen LogP contribution in [0.25, 0.3) is 0 Å². The number of hydrogen-bond donors (Lipinski definition) is 2. The van der Waals surface area contributed by atoms with Gasteiger partial charge in [-0.25, -0.2) is 0 Å². The summed E-state index contributed by atoms with van der Waals surface area (Å²) < 4.78 is 11.3. The Morgan fingerprint density at radius 2 is 1.50 bits per heavy atom. The third kappa shape index (κ3) is 9.33. The van der Waals surface area contributed by atoms with Crippen LogP contribution in [0.15, 0.2) is 60.7 Å². The van der Waals surface area contributed by atoms with Gasteiger partial charge in [0, 0.05) is 23.2 Å². The molecule has 0 radical (unpaired) electrons. The first-order valence-corrected chi connectivity index (χ1v) is 15.5. The fourth-order valence-electron chi connectivity index (χ4n) is 4.56. The van der Waals surface area contributed by atoms with Crippen molar-refractivity contribution >= 4 is 40.6 Å². The third-order valence-corrected chi connectivity index (χ3v) is 8.65. The number of anilines is 2. The molecule has 0 atom stereocenters. The Hall–Kier alpha value is -3.84. The van der Waals surface area contributed by atoms with Gasteiger partial charge in [-0.05, 0) is 84.2 Å². The lowest BCUT2D eigenvalue weighted by Gasteiger charge is -2.30. The highest BCUT2D eigenvalue weighted by Gasteiger charge is 2.26. The Morgan fingerprint density at radius 1 is 0.818 bits per heavy atom. The summed E-state index contributed by atoms with van der Waals surface area (Å²) in [6.07, 6.45) is 2.46. The Kier molecular flexibility index (Phi) is 12.0. The first-order valence-electron chi connectivity index (χ1n) is 15.1. The fourth-order valence-corrected chi connectivity index (χ4v) is 4.72. The lowest BCUT2D eigenvalue weighted by atomic mass is 9.76. The number of halogens is 1. The molecule has 236 valence electrons. The summed E-state index contributed by atoms with van der Waals surface area (Å²) in [7, 11) is 1.54. The highest BCUT2D eigenvalue weighted by molar-refractivity contribution is 6.34. The molecule has 3 aromatic rings. The molecule has 0 aliphatic heterocycles. The quantitative estimate of drug-likeness (QED) is 0.101. The van der Waals surface area contributed by atoms with Crippen molar-refractivity contribution in [2.75, 3.05) is 24.4 Å². The highest BCUT2D eigenvalue weighted by Crippen LogP contribution is 2.38. The largest absolute Gasteiger partial charge is 0.497 e. The molecule has 2 amide bonds. The van der Waals surface area contributed by atoms with Crippen LogP contribution >= 0.6 is 11.6 Å². The van der Waals surface area contributed by atoms with Gasteiger partial charge in [-0.2, -0.15) is 0 Å². The number of hydrogen-bond acceptors (Lipinski definition) is 5. The minimum absolute atomic E-state index is 0.0444. The van der Waals surface area contributed by atoms with E-state index >= 15 is 0 Å². The number of ether oxygens (including phenoxy) is 2. The second-order valence-corrected chi connectivity index (χ2v) is 12.7. The van der Waals surface area contributed by atoms with Crippen LogP contribution < -0.4 is 20.1 Å². The summed E-state index contributed by atoms with van der Waals surface area (Å²) >= 11 is 6.28. The zero-order valence-electron chi connectivity index (χ0n) is 26.9. The second kappa shape index (κ2) is 15.2. The molecule has 7 nitrogen and oxygen atoms in total. The Bertz CT molecular complexity index is 1460. The number of carbonyl (C=O) groups is 3. The standard InChI is InChI=1S/C36H45ClN2O5/c1-8-35(3,4)25-14-19-32(28(21-25)36(5,6)9-2)44-20-10-11-33(41)38-26-15-18-29(37)30(22-26)39-34(42)23-31(40)24-12-16-27(43-7)17-13-24/h12-19,21-22H,8-11,20,23H2,1-7H3,(H,38,41)(H,39,42). The van der Waals surface area contributed by atoms with E-state index < -0.39 is 5.91 Å². The first kappa shape index (κ1) is 34.6. The van der Waals surface area contributed by atoms with Gasteiger partial charge in [0.25, 0.3) is 0 Å². The van der Waals surface area contributed by atoms with Crippen LogP contribution in [0.5, 0.6) is 11.5 Å². The van der Waals surface area contributed by atoms with Crippen LogP contribution in [0.2, 0.25) is 5.02 Å². The van der Waals surface area contributed by atoms with Crippen molar-refractivity contribution in [1.82, 2.24) is 0 Å². The molecule has 0 saturated carbocycles. The topological polar surface area (TPSA) is 93.7 Å². The molecule has 0 spiro atoms. The molecule has 0 aromatic heterocycles. The number of ketones is 1. The van der Waals surface area contributed by atoms with E-state index in [1.54, 1.807) is 42.5 Å². The summed E-state index contributed by atoms with van der Waals surface area (Å²) in [5.74, 6) is 0.452. The lowest BCUT2D eigenvalue weighted by molar-refractivity contribution is -0.116. The maximum Gasteiger partial charge on any atom is 0.232 e. The average molecular weight is 621 g/mol. The van der Waals surface area contributed by atoms with E-state index in [9.17, 15) is 14.4 Å². The van der Waals surface area contributed by atoms with Gasteiger partial charge in [-0.15, -0.1) is 0 Å². The number of methoxy groups -OCH3 is 1. The zero-order chi connectivity index (χ0) is 32.5. The molecule has 0 bridgehead atoms. The number of benzene rings is 3. The number of rotatable bonds is 15. The second-order valence-electron chi connectivity index (χ2n) is 12.3. The molecule has 0 unspecified atom stereocenters. The monoisotopic (exact) mass is 620 g/mol. The Labute approximate surface area is 266 Å². The van der Waals surface area contributed by atoms with Crippen molar-refractivity contribution in [3.05, 3.63) is 82.4 Å². The van der Waals surface area contributed by atoms with Crippen LogP contribution in [0.3, 0.4) is 0 Å². The van der Waals surface area contributed by atoms with E-state index in [0.717, 1.165) is 18.6 Å². The van der Waals surface area contributed by atoms with Crippen molar-refractivity contribution < 1.29 is 23.9 Å². The fraction of sp³-hybridized carbons (Fsp3) is 0.417. The zero-order valence-corrected chi connectivity index (χ0v) is 27.7. The lowest BCUT2D eigenvalue weighted by Crippen LogP contribution is -2.21. The Morgan fingerprint density at radius 3 is 2.14 bits per heavy atom. The normalized spacial score (nSPS) is 11.5. The highest BCUT2D eigenvalue weighted by atomic mass is 35.5. The molecular formula is C36H45ClN2O5. The molecule has 3 rings (SSSR count). The van der Waals surface area contributed by atoms with E-state index in [2.05, 4.69) is 70.4 Å². The molecule has 2 N–H and O–H groups in total. The molecule has 0 saturated heterocycles. The van der Waals surface area contributed by atoms with E-state index in [0.29, 0.717) is 40.7 Å². The van der Waals surface area contributed by atoms with Crippen molar-refractivity contribution in [3.63, 3.8) is 0 Å².